The Bertz CT molecular complexity index is 892. The van der Waals surface area contributed by atoms with Gasteiger partial charge in [-0.2, -0.15) is 0 Å². The molecular formula is C27H34NO2+. The number of ether oxygens (including phenoxy) is 1. The third-order valence-electron chi connectivity index (χ3n) is 5.54. The Hall–Kier alpha value is -2.68. The van der Waals surface area contributed by atoms with Crippen molar-refractivity contribution in [3.05, 3.63) is 78.6 Å². The number of aryl methyl sites for hydroxylation is 1. The molecule has 3 aromatic rings. The maximum Gasteiger partial charge on any atom is 0.306 e. The lowest BCUT2D eigenvalue weighted by molar-refractivity contribution is -0.697. The van der Waals surface area contributed by atoms with Gasteiger partial charge in [-0.05, 0) is 35.2 Å². The molecular weight excluding hydrogens is 370 g/mol. The lowest BCUT2D eigenvalue weighted by Crippen LogP contribution is -2.32. The zero-order valence-corrected chi connectivity index (χ0v) is 18.0. The summed E-state index contributed by atoms with van der Waals surface area (Å²) in [5, 5.41) is 2.40. The van der Waals surface area contributed by atoms with Crippen molar-refractivity contribution in [1.82, 2.24) is 0 Å². The van der Waals surface area contributed by atoms with Crippen LogP contribution in [0.25, 0.3) is 10.8 Å². The van der Waals surface area contributed by atoms with Crippen LogP contribution >= 0.6 is 0 Å². The van der Waals surface area contributed by atoms with Crippen LogP contribution in [-0.4, -0.2) is 5.97 Å². The molecule has 0 aliphatic rings. The molecule has 3 rings (SSSR count). The minimum Gasteiger partial charge on any atom is -0.461 e. The molecule has 0 unspecified atom stereocenters. The number of aromatic nitrogens is 1. The zero-order chi connectivity index (χ0) is 20.9. The lowest BCUT2D eigenvalue weighted by Gasteiger charge is -2.06. The van der Waals surface area contributed by atoms with Crippen LogP contribution in [0.15, 0.2) is 73.1 Å². The van der Waals surface area contributed by atoms with Gasteiger partial charge >= 0.3 is 5.97 Å². The van der Waals surface area contributed by atoms with Crippen molar-refractivity contribution in [3.8, 4) is 0 Å². The molecule has 0 atom stereocenters. The average Bonchev–Trinajstić information content (AvgIpc) is 2.79. The molecule has 0 saturated carbocycles. The van der Waals surface area contributed by atoms with Crippen molar-refractivity contribution < 1.29 is 14.1 Å². The highest BCUT2D eigenvalue weighted by Gasteiger charge is 2.04. The Morgan fingerprint density at radius 3 is 2.13 bits per heavy atom. The Morgan fingerprint density at radius 2 is 1.37 bits per heavy atom. The summed E-state index contributed by atoms with van der Waals surface area (Å²) in [5.41, 5.74) is 1.05. The predicted octanol–water partition coefficient (Wildman–Crippen LogP) is 6.38. The van der Waals surface area contributed by atoms with Crippen molar-refractivity contribution in [2.24, 2.45) is 0 Å². The van der Waals surface area contributed by atoms with E-state index in [1.807, 2.05) is 18.2 Å². The van der Waals surface area contributed by atoms with Crippen LogP contribution in [0.5, 0.6) is 0 Å². The first-order chi connectivity index (χ1) is 14.8. The van der Waals surface area contributed by atoms with Crippen LogP contribution in [0.1, 0.15) is 63.4 Å². The fourth-order valence-corrected chi connectivity index (χ4v) is 3.77. The lowest BCUT2D eigenvalue weighted by atomic mass is 10.1. The van der Waals surface area contributed by atoms with E-state index in [1.54, 1.807) is 0 Å². The van der Waals surface area contributed by atoms with Gasteiger partial charge in [0.15, 0.2) is 12.4 Å². The smallest absolute Gasteiger partial charge is 0.306 e. The highest BCUT2D eigenvalue weighted by Crippen LogP contribution is 2.16. The minimum absolute atomic E-state index is 0.0819. The number of nitrogens with zero attached hydrogens (tertiary/aromatic N) is 1. The number of hydrogen-bond acceptors (Lipinski definition) is 2. The van der Waals surface area contributed by atoms with Crippen LogP contribution in [-0.2, 0) is 22.7 Å². The number of carbonyl (C=O) groups is 1. The molecule has 158 valence electrons. The number of pyridine rings is 1. The zero-order valence-electron chi connectivity index (χ0n) is 18.0. The number of rotatable bonds is 13. The topological polar surface area (TPSA) is 30.2 Å². The fraction of sp³-hybridized carbons (Fsp3) is 0.407. The number of carbonyl (C=O) groups excluding carboxylic acids is 1. The molecule has 0 bridgehead atoms. The van der Waals surface area contributed by atoms with Gasteiger partial charge in [-0.1, -0.05) is 74.6 Å². The van der Waals surface area contributed by atoms with Crippen molar-refractivity contribution in [2.45, 2.75) is 70.9 Å². The van der Waals surface area contributed by atoms with E-state index >= 15 is 0 Å². The van der Waals surface area contributed by atoms with E-state index in [-0.39, 0.29) is 5.97 Å². The molecule has 3 heteroatoms. The van der Waals surface area contributed by atoms with Gasteiger partial charge in [0, 0.05) is 25.0 Å². The summed E-state index contributed by atoms with van der Waals surface area (Å²) >= 11 is 0. The number of fused-ring (bicyclic) bond motifs is 1. The number of unbranched alkanes of at least 4 members (excludes halogenated alkanes) is 7. The molecule has 0 radical (unpaired) electrons. The van der Waals surface area contributed by atoms with E-state index in [0.29, 0.717) is 13.0 Å². The van der Waals surface area contributed by atoms with E-state index in [2.05, 4.69) is 59.4 Å². The van der Waals surface area contributed by atoms with E-state index < -0.39 is 0 Å². The van der Waals surface area contributed by atoms with Crippen molar-refractivity contribution in [2.75, 3.05) is 0 Å². The molecule has 30 heavy (non-hydrogen) atoms. The molecule has 0 aliphatic heterocycles. The molecule has 0 amide bonds. The summed E-state index contributed by atoms with van der Waals surface area (Å²) in [6, 6.07) is 20.7. The van der Waals surface area contributed by atoms with Gasteiger partial charge in [-0.3, -0.25) is 4.79 Å². The molecule has 1 heterocycles. The monoisotopic (exact) mass is 404 g/mol. The number of benzene rings is 2. The molecule has 0 N–H and O–H groups in total. The summed E-state index contributed by atoms with van der Waals surface area (Å²) in [6.45, 7) is 1.48. The highest BCUT2D eigenvalue weighted by molar-refractivity contribution is 5.83. The number of esters is 1. The Labute approximate surface area is 180 Å². The summed E-state index contributed by atoms with van der Waals surface area (Å²) in [4.78, 5) is 12.0. The van der Waals surface area contributed by atoms with Gasteiger partial charge in [0.05, 0.1) is 0 Å². The maximum atomic E-state index is 12.0. The molecule has 0 saturated heterocycles. The first-order valence-electron chi connectivity index (χ1n) is 11.4. The minimum atomic E-state index is -0.0819. The van der Waals surface area contributed by atoms with E-state index in [0.717, 1.165) is 24.9 Å². The fourth-order valence-electron chi connectivity index (χ4n) is 3.77. The molecule has 3 nitrogen and oxygen atoms in total. The Morgan fingerprint density at radius 1 is 0.700 bits per heavy atom. The molecule has 0 fully saturated rings. The van der Waals surface area contributed by atoms with E-state index in [4.69, 9.17) is 4.74 Å². The summed E-state index contributed by atoms with van der Waals surface area (Å²) in [5.74, 6) is -0.0819. The van der Waals surface area contributed by atoms with Crippen LogP contribution in [0, 0.1) is 0 Å². The third-order valence-corrected chi connectivity index (χ3v) is 5.54. The number of hydrogen-bond donors (Lipinski definition) is 0. The highest BCUT2D eigenvalue weighted by atomic mass is 16.5. The third kappa shape index (κ3) is 7.98. The maximum absolute atomic E-state index is 12.0. The quantitative estimate of drug-likeness (QED) is 0.188. The van der Waals surface area contributed by atoms with Gasteiger partial charge in [-0.15, -0.1) is 0 Å². The molecule has 0 aliphatic carbocycles. The van der Waals surface area contributed by atoms with Crippen LogP contribution in [0.4, 0.5) is 0 Å². The summed E-state index contributed by atoms with van der Waals surface area (Å²) < 4.78 is 7.69. The van der Waals surface area contributed by atoms with Crippen LogP contribution in [0.2, 0.25) is 0 Å². The summed E-state index contributed by atoms with van der Waals surface area (Å²) in [6.07, 6.45) is 14.5. The summed E-state index contributed by atoms with van der Waals surface area (Å²) in [7, 11) is 0. The SMILES string of the molecule is O=C(CCCCCCCCCC[n+]1ccccc1)OCc1ccc2ccccc2c1. The standard InChI is InChI=1S/C27H34NO2/c29-27(30-23-24-17-18-25-14-9-10-15-26(25)22-24)16-8-5-3-1-2-4-6-11-19-28-20-12-7-13-21-28/h7,9-10,12-15,17-18,20-22H,1-6,8,11,16,19,23H2/q+1. The van der Waals surface area contributed by atoms with E-state index in [9.17, 15) is 4.79 Å². The van der Waals surface area contributed by atoms with Crippen LogP contribution in [0.3, 0.4) is 0 Å². The predicted molar refractivity (Wildman–Crippen MR) is 122 cm³/mol. The van der Waals surface area contributed by atoms with Crippen molar-refractivity contribution in [1.29, 1.82) is 0 Å². The van der Waals surface area contributed by atoms with Gasteiger partial charge in [0.25, 0.3) is 0 Å². The van der Waals surface area contributed by atoms with Gasteiger partial charge in [-0.25, -0.2) is 4.57 Å². The normalized spacial score (nSPS) is 10.9. The second-order valence-corrected chi connectivity index (χ2v) is 8.03. The molecule has 0 spiro atoms. The second-order valence-electron chi connectivity index (χ2n) is 8.03. The first-order valence-corrected chi connectivity index (χ1v) is 11.4. The van der Waals surface area contributed by atoms with Gasteiger partial charge < -0.3 is 4.74 Å². The Kier molecular flexibility index (Phi) is 9.39. The Balaban J connectivity index is 1.16. The van der Waals surface area contributed by atoms with Crippen molar-refractivity contribution in [3.63, 3.8) is 0 Å². The van der Waals surface area contributed by atoms with Gasteiger partial charge in [0.1, 0.15) is 13.2 Å². The largest absolute Gasteiger partial charge is 0.461 e. The first kappa shape index (κ1) is 22.0. The molecule has 1 aromatic heterocycles. The van der Waals surface area contributed by atoms with Gasteiger partial charge in [0.2, 0.25) is 0 Å². The van der Waals surface area contributed by atoms with Crippen molar-refractivity contribution >= 4 is 16.7 Å². The second kappa shape index (κ2) is 12.8. The molecule has 2 aromatic carbocycles. The average molecular weight is 405 g/mol. The van der Waals surface area contributed by atoms with E-state index in [1.165, 1.54) is 49.3 Å². The van der Waals surface area contributed by atoms with Crippen LogP contribution < -0.4 is 4.57 Å².